The first-order valence-electron chi connectivity index (χ1n) is 6.88. The third kappa shape index (κ3) is 2.43. The van der Waals surface area contributed by atoms with E-state index in [1.54, 1.807) is 0 Å². The minimum atomic E-state index is -0.289. The number of nitriles is 1. The summed E-state index contributed by atoms with van der Waals surface area (Å²) < 4.78 is 1.14. The lowest BCUT2D eigenvalue weighted by Gasteiger charge is -2.44. The van der Waals surface area contributed by atoms with Crippen LogP contribution in [-0.4, -0.2) is 36.6 Å². The number of halogens is 1. The molecule has 0 spiro atoms. The van der Waals surface area contributed by atoms with Crippen LogP contribution in [0.3, 0.4) is 0 Å². The van der Waals surface area contributed by atoms with E-state index in [4.69, 9.17) is 0 Å². The highest BCUT2D eigenvalue weighted by atomic mass is 79.9. The zero-order chi connectivity index (χ0) is 13.3. The van der Waals surface area contributed by atoms with E-state index in [2.05, 4.69) is 50.4 Å². The van der Waals surface area contributed by atoms with E-state index >= 15 is 0 Å². The summed E-state index contributed by atoms with van der Waals surface area (Å²) in [5.74, 6) is 0. The molecule has 0 bridgehead atoms. The number of fused-ring (bicyclic) bond motifs is 1. The second kappa shape index (κ2) is 5.24. The molecule has 1 heterocycles. The van der Waals surface area contributed by atoms with Crippen LogP contribution in [0.25, 0.3) is 0 Å². The second-order valence-corrected chi connectivity index (χ2v) is 6.39. The first-order valence-corrected chi connectivity index (χ1v) is 7.67. The number of benzene rings is 1. The van der Waals surface area contributed by atoms with Gasteiger partial charge in [0.25, 0.3) is 0 Å². The lowest BCUT2D eigenvalue weighted by atomic mass is 9.77. The van der Waals surface area contributed by atoms with Crippen molar-refractivity contribution in [2.45, 2.75) is 24.8 Å². The molecule has 3 nitrogen and oxygen atoms in total. The highest BCUT2D eigenvalue weighted by Gasteiger charge is 2.40. The number of nitrogens with zero attached hydrogens (tertiary/aromatic N) is 2. The maximum Gasteiger partial charge on any atom is 0.113 e. The van der Waals surface area contributed by atoms with Crippen molar-refractivity contribution in [3.05, 3.63) is 33.8 Å². The summed E-state index contributed by atoms with van der Waals surface area (Å²) in [6.07, 6.45) is 2.82. The summed E-state index contributed by atoms with van der Waals surface area (Å²) in [5.41, 5.74) is 2.45. The topological polar surface area (TPSA) is 39.1 Å². The SMILES string of the molecule is N#CC1(N2CCNCC2)CCc2cc(Br)ccc2C1. The maximum atomic E-state index is 9.75. The fourth-order valence-electron chi connectivity index (χ4n) is 3.27. The fourth-order valence-corrected chi connectivity index (χ4v) is 3.68. The molecule has 4 heteroatoms. The van der Waals surface area contributed by atoms with Crippen LogP contribution < -0.4 is 5.32 Å². The van der Waals surface area contributed by atoms with Crippen molar-refractivity contribution < 1.29 is 0 Å². The van der Waals surface area contributed by atoms with E-state index < -0.39 is 0 Å². The van der Waals surface area contributed by atoms with Crippen LogP contribution in [-0.2, 0) is 12.8 Å². The number of piperazine rings is 1. The Morgan fingerprint density at radius 2 is 2.05 bits per heavy atom. The highest BCUT2D eigenvalue weighted by Crippen LogP contribution is 2.34. The Kier molecular flexibility index (Phi) is 3.62. The molecule has 0 aromatic heterocycles. The van der Waals surface area contributed by atoms with Gasteiger partial charge in [0.2, 0.25) is 0 Å². The molecular formula is C15H18BrN3. The average Bonchev–Trinajstić information content (AvgIpc) is 2.48. The van der Waals surface area contributed by atoms with E-state index in [1.807, 2.05) is 0 Å². The van der Waals surface area contributed by atoms with Crippen LogP contribution in [0.1, 0.15) is 17.5 Å². The number of rotatable bonds is 1. The van der Waals surface area contributed by atoms with Crippen molar-refractivity contribution in [3.63, 3.8) is 0 Å². The molecule has 1 saturated heterocycles. The van der Waals surface area contributed by atoms with E-state index in [0.29, 0.717) is 0 Å². The molecule has 0 amide bonds. The molecule has 1 unspecified atom stereocenters. The van der Waals surface area contributed by atoms with E-state index in [1.165, 1.54) is 11.1 Å². The summed E-state index contributed by atoms with van der Waals surface area (Å²) in [4.78, 5) is 2.38. The van der Waals surface area contributed by atoms with Gasteiger partial charge in [-0.25, -0.2) is 0 Å². The van der Waals surface area contributed by atoms with Crippen molar-refractivity contribution in [3.8, 4) is 6.07 Å². The first kappa shape index (κ1) is 13.1. The Hall–Kier alpha value is -0.890. The van der Waals surface area contributed by atoms with E-state index in [0.717, 1.165) is 49.9 Å². The van der Waals surface area contributed by atoms with Crippen LogP contribution in [0.4, 0.5) is 0 Å². The van der Waals surface area contributed by atoms with Gasteiger partial charge in [-0.1, -0.05) is 22.0 Å². The zero-order valence-corrected chi connectivity index (χ0v) is 12.5. The van der Waals surface area contributed by atoms with Crippen molar-refractivity contribution in [2.75, 3.05) is 26.2 Å². The third-order valence-electron chi connectivity index (χ3n) is 4.39. The third-order valence-corrected chi connectivity index (χ3v) is 4.88. The van der Waals surface area contributed by atoms with Gasteiger partial charge in [0, 0.05) is 37.1 Å². The number of nitrogens with one attached hydrogen (secondary N) is 1. The van der Waals surface area contributed by atoms with Crippen molar-refractivity contribution in [1.82, 2.24) is 10.2 Å². The van der Waals surface area contributed by atoms with Gasteiger partial charge >= 0.3 is 0 Å². The van der Waals surface area contributed by atoms with Crippen molar-refractivity contribution >= 4 is 15.9 Å². The largest absolute Gasteiger partial charge is 0.314 e. The maximum absolute atomic E-state index is 9.75. The molecular weight excluding hydrogens is 302 g/mol. The second-order valence-electron chi connectivity index (χ2n) is 5.47. The molecule has 1 aliphatic carbocycles. The summed E-state index contributed by atoms with van der Waals surface area (Å²) in [7, 11) is 0. The fraction of sp³-hybridized carbons (Fsp3) is 0.533. The first-order chi connectivity index (χ1) is 9.23. The average molecular weight is 320 g/mol. The smallest absolute Gasteiger partial charge is 0.113 e. The summed E-state index contributed by atoms with van der Waals surface area (Å²) >= 11 is 3.53. The molecule has 1 N–H and O–H groups in total. The van der Waals surface area contributed by atoms with Gasteiger partial charge in [-0.05, 0) is 36.1 Å². The molecule has 0 saturated carbocycles. The van der Waals surface area contributed by atoms with Gasteiger partial charge in [0.05, 0.1) is 6.07 Å². The van der Waals surface area contributed by atoms with Gasteiger partial charge in [0.15, 0.2) is 0 Å². The minimum Gasteiger partial charge on any atom is -0.314 e. The van der Waals surface area contributed by atoms with Gasteiger partial charge in [-0.15, -0.1) is 0 Å². The Balaban J connectivity index is 1.89. The number of aryl methyl sites for hydroxylation is 1. The lowest BCUT2D eigenvalue weighted by Crippen LogP contribution is -2.57. The Morgan fingerprint density at radius 3 is 2.79 bits per heavy atom. The molecule has 19 heavy (non-hydrogen) atoms. The van der Waals surface area contributed by atoms with Crippen LogP contribution in [0.15, 0.2) is 22.7 Å². The molecule has 1 fully saturated rings. The summed E-state index contributed by atoms with van der Waals surface area (Å²) in [6.45, 7) is 3.96. The number of hydrogen-bond donors (Lipinski definition) is 1. The molecule has 1 atom stereocenters. The minimum absolute atomic E-state index is 0.289. The molecule has 1 aromatic rings. The van der Waals surface area contributed by atoms with E-state index in [9.17, 15) is 5.26 Å². The zero-order valence-electron chi connectivity index (χ0n) is 11.0. The lowest BCUT2D eigenvalue weighted by molar-refractivity contribution is 0.105. The summed E-state index contributed by atoms with van der Waals surface area (Å²) in [5, 5.41) is 13.1. The van der Waals surface area contributed by atoms with Crippen LogP contribution >= 0.6 is 15.9 Å². The molecule has 0 radical (unpaired) electrons. The predicted octanol–water partition coefficient (Wildman–Crippen LogP) is 2.11. The van der Waals surface area contributed by atoms with Crippen LogP contribution in [0.2, 0.25) is 0 Å². The quantitative estimate of drug-likeness (QED) is 0.861. The molecule has 100 valence electrons. The molecule has 2 aliphatic rings. The standard InChI is InChI=1S/C15H18BrN3/c16-14-2-1-13-10-15(11-17,4-3-12(13)9-14)19-7-5-18-6-8-19/h1-2,9,18H,3-8,10H2. The predicted molar refractivity (Wildman–Crippen MR) is 79.0 cm³/mol. The molecule has 1 aromatic carbocycles. The van der Waals surface area contributed by atoms with Crippen LogP contribution in [0, 0.1) is 11.3 Å². The van der Waals surface area contributed by atoms with Crippen molar-refractivity contribution in [2.24, 2.45) is 0 Å². The number of hydrogen-bond acceptors (Lipinski definition) is 3. The van der Waals surface area contributed by atoms with Gasteiger partial charge in [-0.3, -0.25) is 4.90 Å². The van der Waals surface area contributed by atoms with Crippen LogP contribution in [0.5, 0.6) is 0 Å². The normalized spacial score (nSPS) is 27.6. The summed E-state index contributed by atoms with van der Waals surface area (Å²) in [6, 6.07) is 9.09. The Morgan fingerprint density at radius 1 is 1.26 bits per heavy atom. The van der Waals surface area contributed by atoms with Gasteiger partial charge in [-0.2, -0.15) is 5.26 Å². The molecule has 1 aliphatic heterocycles. The van der Waals surface area contributed by atoms with Crippen molar-refractivity contribution in [1.29, 1.82) is 5.26 Å². The monoisotopic (exact) mass is 319 g/mol. The highest BCUT2D eigenvalue weighted by molar-refractivity contribution is 9.10. The van der Waals surface area contributed by atoms with Gasteiger partial charge in [0.1, 0.15) is 5.54 Å². The van der Waals surface area contributed by atoms with Gasteiger partial charge < -0.3 is 5.32 Å². The Labute approximate surface area is 122 Å². The Bertz CT molecular complexity index is 517. The van der Waals surface area contributed by atoms with E-state index in [-0.39, 0.29) is 5.54 Å². The molecule has 3 rings (SSSR count).